The van der Waals surface area contributed by atoms with Crippen LogP contribution in [-0.4, -0.2) is 24.2 Å². The number of nitrogens with two attached hydrogens (primary N) is 1. The van der Waals surface area contributed by atoms with Gasteiger partial charge in [-0.15, -0.1) is 0 Å². The van der Waals surface area contributed by atoms with E-state index < -0.39 is 0 Å². The van der Waals surface area contributed by atoms with Gasteiger partial charge in [0.15, 0.2) is 0 Å². The van der Waals surface area contributed by atoms with Gasteiger partial charge in [-0.1, -0.05) is 12.1 Å². The van der Waals surface area contributed by atoms with E-state index in [1.165, 1.54) is 0 Å². The normalized spacial score (nSPS) is 10.1. The van der Waals surface area contributed by atoms with E-state index >= 15 is 0 Å². The largest absolute Gasteiger partial charge is 0.398 e. The number of carbonyl (C=O) groups is 1. The fraction of sp³-hybridized carbons (Fsp3) is 0.417. The maximum Gasteiger partial charge on any atom is 0.253 e. The van der Waals surface area contributed by atoms with Crippen molar-refractivity contribution in [3.05, 3.63) is 29.8 Å². The minimum atomic E-state index is -0.137. The second kappa shape index (κ2) is 6.85. The standard InChI is InChI=1S/C12H18N2O2/c13-11-7-3-2-6-10(11)12(16)14-8-4-1-5-9-15/h2-3,6-7,15H,1,4-5,8-9,13H2,(H,14,16). The van der Waals surface area contributed by atoms with Gasteiger partial charge in [-0.25, -0.2) is 0 Å². The highest BCUT2D eigenvalue weighted by atomic mass is 16.2. The number of aliphatic hydroxyl groups excluding tert-OH is 1. The Morgan fingerprint density at radius 3 is 2.69 bits per heavy atom. The highest BCUT2D eigenvalue weighted by molar-refractivity contribution is 5.98. The summed E-state index contributed by atoms with van der Waals surface area (Å²) in [5.74, 6) is -0.137. The average Bonchev–Trinajstić information content (AvgIpc) is 2.29. The number of nitrogen functional groups attached to an aromatic ring is 1. The summed E-state index contributed by atoms with van der Waals surface area (Å²) >= 11 is 0. The molecular weight excluding hydrogens is 204 g/mol. The highest BCUT2D eigenvalue weighted by Gasteiger charge is 2.07. The van der Waals surface area contributed by atoms with Crippen LogP contribution in [0, 0.1) is 0 Å². The Labute approximate surface area is 95.5 Å². The Morgan fingerprint density at radius 1 is 1.25 bits per heavy atom. The van der Waals surface area contributed by atoms with Crippen LogP contribution in [0.1, 0.15) is 29.6 Å². The van der Waals surface area contributed by atoms with Crippen LogP contribution >= 0.6 is 0 Å². The van der Waals surface area contributed by atoms with Crippen LogP contribution in [0.25, 0.3) is 0 Å². The first kappa shape index (κ1) is 12.5. The minimum Gasteiger partial charge on any atom is -0.398 e. The molecule has 0 saturated heterocycles. The van der Waals surface area contributed by atoms with Gasteiger partial charge in [-0.2, -0.15) is 0 Å². The number of benzene rings is 1. The number of para-hydroxylation sites is 1. The van der Waals surface area contributed by atoms with E-state index in [-0.39, 0.29) is 12.5 Å². The molecule has 16 heavy (non-hydrogen) atoms. The predicted molar refractivity (Wildman–Crippen MR) is 64.1 cm³/mol. The van der Waals surface area contributed by atoms with Crippen molar-refractivity contribution in [2.75, 3.05) is 18.9 Å². The van der Waals surface area contributed by atoms with Gasteiger partial charge in [-0.3, -0.25) is 4.79 Å². The number of anilines is 1. The van der Waals surface area contributed by atoms with Gasteiger partial charge in [0.1, 0.15) is 0 Å². The van der Waals surface area contributed by atoms with E-state index in [1.54, 1.807) is 24.3 Å². The van der Waals surface area contributed by atoms with Crippen molar-refractivity contribution in [3.63, 3.8) is 0 Å². The third-order valence-corrected chi connectivity index (χ3v) is 2.33. The maximum absolute atomic E-state index is 11.7. The molecule has 1 amide bonds. The van der Waals surface area contributed by atoms with E-state index in [0.29, 0.717) is 17.8 Å². The van der Waals surface area contributed by atoms with Gasteiger partial charge in [0.2, 0.25) is 0 Å². The number of amides is 1. The maximum atomic E-state index is 11.7. The number of hydrogen-bond acceptors (Lipinski definition) is 3. The summed E-state index contributed by atoms with van der Waals surface area (Å²) in [4.78, 5) is 11.7. The number of nitrogens with one attached hydrogen (secondary N) is 1. The molecule has 88 valence electrons. The van der Waals surface area contributed by atoms with E-state index in [1.807, 2.05) is 0 Å². The fourth-order valence-corrected chi connectivity index (χ4v) is 1.41. The smallest absolute Gasteiger partial charge is 0.253 e. The first-order chi connectivity index (χ1) is 7.75. The third kappa shape index (κ3) is 3.90. The topological polar surface area (TPSA) is 75.4 Å². The minimum absolute atomic E-state index is 0.137. The lowest BCUT2D eigenvalue weighted by molar-refractivity contribution is 0.0953. The third-order valence-electron chi connectivity index (χ3n) is 2.33. The zero-order chi connectivity index (χ0) is 11.8. The number of rotatable bonds is 6. The van der Waals surface area contributed by atoms with Crippen LogP contribution in [0.5, 0.6) is 0 Å². The zero-order valence-corrected chi connectivity index (χ0v) is 9.28. The SMILES string of the molecule is Nc1ccccc1C(=O)NCCCCCO. The Bertz CT molecular complexity index is 340. The Kier molecular flexibility index (Phi) is 5.36. The Balaban J connectivity index is 2.33. The Hall–Kier alpha value is -1.55. The van der Waals surface area contributed by atoms with Gasteiger partial charge in [-0.05, 0) is 31.4 Å². The molecule has 0 aliphatic heterocycles. The average molecular weight is 222 g/mol. The van der Waals surface area contributed by atoms with E-state index in [9.17, 15) is 4.79 Å². The van der Waals surface area contributed by atoms with Gasteiger partial charge >= 0.3 is 0 Å². The lowest BCUT2D eigenvalue weighted by Crippen LogP contribution is -2.25. The van der Waals surface area contributed by atoms with Crippen LogP contribution in [0.2, 0.25) is 0 Å². The summed E-state index contributed by atoms with van der Waals surface area (Å²) in [5, 5.41) is 11.4. The molecule has 0 bridgehead atoms. The van der Waals surface area contributed by atoms with E-state index in [0.717, 1.165) is 19.3 Å². The van der Waals surface area contributed by atoms with Crippen molar-refractivity contribution in [1.82, 2.24) is 5.32 Å². The lowest BCUT2D eigenvalue weighted by Gasteiger charge is -2.06. The molecule has 1 aromatic carbocycles. The van der Waals surface area contributed by atoms with Crippen LogP contribution in [-0.2, 0) is 0 Å². The second-order valence-electron chi connectivity index (χ2n) is 3.63. The summed E-state index contributed by atoms with van der Waals surface area (Å²) in [6, 6.07) is 7.00. The molecule has 4 nitrogen and oxygen atoms in total. The van der Waals surface area contributed by atoms with Gasteiger partial charge in [0.05, 0.1) is 5.56 Å². The molecule has 0 aliphatic carbocycles. The summed E-state index contributed by atoms with van der Waals surface area (Å²) in [5.41, 5.74) is 6.69. The number of carbonyl (C=O) groups excluding carboxylic acids is 1. The number of hydrogen-bond donors (Lipinski definition) is 3. The number of unbranched alkanes of at least 4 members (excludes halogenated alkanes) is 2. The molecular formula is C12H18N2O2. The molecule has 0 spiro atoms. The zero-order valence-electron chi connectivity index (χ0n) is 9.28. The van der Waals surface area contributed by atoms with Crippen LogP contribution in [0.4, 0.5) is 5.69 Å². The Morgan fingerprint density at radius 2 is 2.00 bits per heavy atom. The molecule has 0 heterocycles. The second-order valence-corrected chi connectivity index (χ2v) is 3.63. The van der Waals surface area contributed by atoms with E-state index in [4.69, 9.17) is 10.8 Å². The molecule has 4 heteroatoms. The molecule has 0 aromatic heterocycles. The first-order valence-corrected chi connectivity index (χ1v) is 5.49. The summed E-state index contributed by atoms with van der Waals surface area (Å²) < 4.78 is 0. The quantitative estimate of drug-likeness (QED) is 0.499. The summed E-state index contributed by atoms with van der Waals surface area (Å²) in [7, 11) is 0. The first-order valence-electron chi connectivity index (χ1n) is 5.49. The van der Waals surface area contributed by atoms with Crippen molar-refractivity contribution in [1.29, 1.82) is 0 Å². The molecule has 0 atom stereocenters. The summed E-state index contributed by atoms with van der Waals surface area (Å²) in [6.07, 6.45) is 2.57. The molecule has 4 N–H and O–H groups in total. The van der Waals surface area contributed by atoms with Gasteiger partial charge in [0, 0.05) is 18.8 Å². The van der Waals surface area contributed by atoms with Crippen molar-refractivity contribution >= 4 is 11.6 Å². The number of aliphatic hydroxyl groups is 1. The monoisotopic (exact) mass is 222 g/mol. The van der Waals surface area contributed by atoms with Gasteiger partial charge < -0.3 is 16.2 Å². The van der Waals surface area contributed by atoms with Crippen molar-refractivity contribution in [2.24, 2.45) is 0 Å². The lowest BCUT2D eigenvalue weighted by atomic mass is 10.1. The molecule has 0 radical (unpaired) electrons. The highest BCUT2D eigenvalue weighted by Crippen LogP contribution is 2.09. The fourth-order valence-electron chi connectivity index (χ4n) is 1.41. The molecule has 0 unspecified atom stereocenters. The molecule has 0 aliphatic rings. The predicted octanol–water partition coefficient (Wildman–Crippen LogP) is 1.16. The molecule has 0 saturated carbocycles. The van der Waals surface area contributed by atoms with Crippen LogP contribution in [0.3, 0.4) is 0 Å². The van der Waals surface area contributed by atoms with Crippen LogP contribution in [0.15, 0.2) is 24.3 Å². The molecule has 1 aromatic rings. The van der Waals surface area contributed by atoms with Crippen molar-refractivity contribution in [3.8, 4) is 0 Å². The van der Waals surface area contributed by atoms with Crippen LogP contribution < -0.4 is 11.1 Å². The molecule has 0 fully saturated rings. The van der Waals surface area contributed by atoms with E-state index in [2.05, 4.69) is 5.32 Å². The molecule has 1 rings (SSSR count). The van der Waals surface area contributed by atoms with Crippen molar-refractivity contribution in [2.45, 2.75) is 19.3 Å². The summed E-state index contributed by atoms with van der Waals surface area (Å²) in [6.45, 7) is 0.826. The van der Waals surface area contributed by atoms with Gasteiger partial charge in [0.25, 0.3) is 5.91 Å². The van der Waals surface area contributed by atoms with Crippen molar-refractivity contribution < 1.29 is 9.90 Å².